The van der Waals surface area contributed by atoms with Crippen molar-refractivity contribution >= 4 is 28.2 Å². The molecule has 6 nitrogen and oxygen atoms in total. The number of aromatic nitrogens is 2. The number of para-hydroxylation sites is 2. The average Bonchev–Trinajstić information content (AvgIpc) is 2.72. The molecule has 0 atom stereocenters. The molecule has 0 amide bonds. The lowest BCUT2D eigenvalue weighted by molar-refractivity contribution is 0.240. The van der Waals surface area contributed by atoms with Gasteiger partial charge in [0.25, 0.3) is 5.56 Å². The van der Waals surface area contributed by atoms with Gasteiger partial charge >= 0.3 is 0 Å². The zero-order valence-electron chi connectivity index (χ0n) is 15.4. The molecule has 0 spiro atoms. The highest BCUT2D eigenvalue weighted by Crippen LogP contribution is 2.26. The Morgan fingerprint density at radius 1 is 1.04 bits per heavy atom. The van der Waals surface area contributed by atoms with Gasteiger partial charge in [0.05, 0.1) is 34.2 Å². The van der Waals surface area contributed by atoms with E-state index in [9.17, 15) is 4.79 Å². The zero-order valence-corrected chi connectivity index (χ0v) is 16.1. The molecule has 0 N–H and O–H groups in total. The van der Waals surface area contributed by atoms with Crippen LogP contribution in [0.15, 0.2) is 53.3 Å². The van der Waals surface area contributed by atoms with Crippen LogP contribution in [0.1, 0.15) is 5.82 Å². The summed E-state index contributed by atoms with van der Waals surface area (Å²) in [6, 6.07) is 17.2. The third kappa shape index (κ3) is 3.59. The molecule has 1 aliphatic rings. The highest BCUT2D eigenvalue weighted by molar-refractivity contribution is 6.33. The van der Waals surface area contributed by atoms with Gasteiger partial charge in [-0.1, -0.05) is 35.9 Å². The molecule has 0 aliphatic carbocycles. The average molecular weight is 394 g/mol. The first-order valence-electron chi connectivity index (χ1n) is 9.24. The van der Waals surface area contributed by atoms with Crippen molar-refractivity contribution < 1.29 is 0 Å². The molecular formula is C21H20ClN5O. The molecule has 0 bridgehead atoms. The number of hydrogen-bond acceptors (Lipinski definition) is 5. The van der Waals surface area contributed by atoms with Gasteiger partial charge in [-0.05, 0) is 24.3 Å². The monoisotopic (exact) mass is 393 g/mol. The maximum absolute atomic E-state index is 12.8. The second kappa shape index (κ2) is 8.01. The normalized spacial score (nSPS) is 14.9. The van der Waals surface area contributed by atoms with Crippen molar-refractivity contribution in [3.05, 3.63) is 69.7 Å². The summed E-state index contributed by atoms with van der Waals surface area (Å²) in [5.41, 5.74) is 1.57. The van der Waals surface area contributed by atoms with E-state index < -0.39 is 0 Å². The topological polar surface area (TPSA) is 65.2 Å². The number of halogens is 1. The van der Waals surface area contributed by atoms with Crippen LogP contribution < -0.4 is 10.5 Å². The molecule has 142 valence electrons. The molecule has 28 heavy (non-hydrogen) atoms. The zero-order chi connectivity index (χ0) is 19.5. The van der Waals surface area contributed by atoms with Gasteiger partial charge in [-0.3, -0.25) is 14.3 Å². The molecule has 0 saturated carbocycles. The van der Waals surface area contributed by atoms with Crippen LogP contribution in [0.5, 0.6) is 0 Å². The van der Waals surface area contributed by atoms with E-state index >= 15 is 0 Å². The molecule has 1 aromatic heterocycles. The van der Waals surface area contributed by atoms with E-state index in [2.05, 4.69) is 20.9 Å². The molecule has 4 rings (SSSR count). The fraction of sp³-hybridized carbons (Fsp3) is 0.286. The number of piperazine rings is 1. The number of benzene rings is 2. The third-order valence-electron chi connectivity index (χ3n) is 5.10. The molecule has 1 aliphatic heterocycles. The minimum atomic E-state index is -0.156. The largest absolute Gasteiger partial charge is 0.368 e. The van der Waals surface area contributed by atoms with E-state index in [-0.39, 0.29) is 12.1 Å². The number of hydrogen-bond donors (Lipinski definition) is 0. The molecule has 3 aromatic rings. The van der Waals surface area contributed by atoms with Crippen LogP contribution in [-0.4, -0.2) is 40.6 Å². The minimum Gasteiger partial charge on any atom is -0.368 e. The minimum absolute atomic E-state index is 0.00554. The van der Waals surface area contributed by atoms with Crippen molar-refractivity contribution in [2.45, 2.75) is 13.1 Å². The lowest BCUT2D eigenvalue weighted by atomic mass is 10.2. The quantitative estimate of drug-likeness (QED) is 0.682. The number of anilines is 1. The summed E-state index contributed by atoms with van der Waals surface area (Å²) in [4.78, 5) is 22.0. The maximum Gasteiger partial charge on any atom is 0.262 e. The number of fused-ring (bicyclic) bond motifs is 1. The Bertz CT molecular complexity index is 1100. The van der Waals surface area contributed by atoms with Gasteiger partial charge in [0.1, 0.15) is 12.4 Å². The first-order chi connectivity index (χ1) is 13.7. The SMILES string of the molecule is N#CCn1c(CN2CCN(c3ccccc3Cl)CC2)nc2ccccc2c1=O. The molecule has 1 saturated heterocycles. The summed E-state index contributed by atoms with van der Waals surface area (Å²) >= 11 is 6.32. The second-order valence-electron chi connectivity index (χ2n) is 6.81. The predicted molar refractivity (Wildman–Crippen MR) is 111 cm³/mol. The van der Waals surface area contributed by atoms with Crippen LogP contribution in [0.2, 0.25) is 5.02 Å². The number of nitriles is 1. The van der Waals surface area contributed by atoms with Gasteiger partial charge in [-0.25, -0.2) is 4.98 Å². The number of nitrogens with zero attached hydrogens (tertiary/aromatic N) is 5. The summed E-state index contributed by atoms with van der Waals surface area (Å²) in [5, 5.41) is 10.5. The van der Waals surface area contributed by atoms with Crippen LogP contribution in [0, 0.1) is 11.3 Å². The molecule has 0 unspecified atom stereocenters. The Balaban J connectivity index is 1.55. The first-order valence-corrected chi connectivity index (χ1v) is 9.62. The highest BCUT2D eigenvalue weighted by atomic mass is 35.5. The molecule has 2 heterocycles. The lowest BCUT2D eigenvalue weighted by Gasteiger charge is -2.36. The summed E-state index contributed by atoms with van der Waals surface area (Å²) in [6.07, 6.45) is 0. The fourth-order valence-electron chi connectivity index (χ4n) is 3.62. The van der Waals surface area contributed by atoms with Crippen molar-refractivity contribution in [3.63, 3.8) is 0 Å². The van der Waals surface area contributed by atoms with Gasteiger partial charge < -0.3 is 4.90 Å². The summed E-state index contributed by atoms with van der Waals surface area (Å²) < 4.78 is 1.49. The number of rotatable bonds is 4. The Labute approximate surface area is 168 Å². The third-order valence-corrected chi connectivity index (χ3v) is 5.42. The van der Waals surface area contributed by atoms with Gasteiger partial charge in [-0.15, -0.1) is 0 Å². The summed E-state index contributed by atoms with van der Waals surface area (Å²) in [7, 11) is 0. The van der Waals surface area contributed by atoms with Gasteiger partial charge in [0.15, 0.2) is 0 Å². The molecule has 2 aromatic carbocycles. The maximum atomic E-state index is 12.8. The first kappa shape index (κ1) is 18.5. The Hall–Kier alpha value is -2.88. The van der Waals surface area contributed by atoms with Crippen molar-refractivity contribution in [2.24, 2.45) is 0 Å². The van der Waals surface area contributed by atoms with Crippen LogP contribution in [0.4, 0.5) is 5.69 Å². The van der Waals surface area contributed by atoms with Crippen LogP contribution >= 0.6 is 11.6 Å². The second-order valence-corrected chi connectivity index (χ2v) is 7.22. The standard InChI is InChI=1S/C21H20ClN5O/c22-17-6-2-4-8-19(17)26-13-11-25(12-14-26)15-20-24-18-7-3-1-5-16(18)21(28)27(20)10-9-23/h1-8H,10-15H2. The summed E-state index contributed by atoms with van der Waals surface area (Å²) in [6.45, 7) is 3.91. The van der Waals surface area contributed by atoms with Crippen molar-refractivity contribution in [2.75, 3.05) is 31.1 Å². The van der Waals surface area contributed by atoms with Crippen molar-refractivity contribution in [3.8, 4) is 6.07 Å². The van der Waals surface area contributed by atoms with E-state index in [4.69, 9.17) is 16.9 Å². The van der Waals surface area contributed by atoms with Gasteiger partial charge in [-0.2, -0.15) is 5.26 Å². The van der Waals surface area contributed by atoms with Gasteiger partial charge in [0, 0.05) is 26.2 Å². The van der Waals surface area contributed by atoms with E-state index in [0.717, 1.165) is 36.9 Å². The Kier molecular flexibility index (Phi) is 5.29. The van der Waals surface area contributed by atoms with Crippen LogP contribution in [0.25, 0.3) is 10.9 Å². The van der Waals surface area contributed by atoms with Crippen molar-refractivity contribution in [1.82, 2.24) is 14.5 Å². The van der Waals surface area contributed by atoms with Crippen LogP contribution in [-0.2, 0) is 13.1 Å². The van der Waals surface area contributed by atoms with E-state index in [0.29, 0.717) is 23.3 Å². The Morgan fingerprint density at radius 2 is 1.75 bits per heavy atom. The van der Waals surface area contributed by atoms with E-state index in [1.54, 1.807) is 6.07 Å². The van der Waals surface area contributed by atoms with Gasteiger partial charge in [0.2, 0.25) is 0 Å². The molecule has 0 radical (unpaired) electrons. The van der Waals surface area contributed by atoms with E-state index in [1.807, 2.05) is 42.5 Å². The summed E-state index contributed by atoms with van der Waals surface area (Å²) in [5.74, 6) is 0.636. The van der Waals surface area contributed by atoms with E-state index in [1.165, 1.54) is 4.57 Å². The highest BCUT2D eigenvalue weighted by Gasteiger charge is 2.21. The molecular weight excluding hydrogens is 374 g/mol. The molecule has 7 heteroatoms. The Morgan fingerprint density at radius 3 is 2.50 bits per heavy atom. The molecule has 1 fully saturated rings. The van der Waals surface area contributed by atoms with Crippen molar-refractivity contribution in [1.29, 1.82) is 5.26 Å². The smallest absolute Gasteiger partial charge is 0.262 e. The lowest BCUT2D eigenvalue weighted by Crippen LogP contribution is -2.46. The predicted octanol–water partition coefficient (Wildman–Crippen LogP) is 2.90. The fourth-order valence-corrected chi connectivity index (χ4v) is 3.88. The van der Waals surface area contributed by atoms with Crippen LogP contribution in [0.3, 0.4) is 0 Å².